The quantitative estimate of drug-likeness (QED) is 0.678. The summed E-state index contributed by atoms with van der Waals surface area (Å²) >= 11 is 0. The van der Waals surface area contributed by atoms with Gasteiger partial charge >= 0.3 is 0 Å². The van der Waals surface area contributed by atoms with Gasteiger partial charge in [0.05, 0.1) is 0 Å². The molecule has 0 spiro atoms. The fourth-order valence-corrected chi connectivity index (χ4v) is 6.37. The Morgan fingerprint density at radius 3 is 2.77 bits per heavy atom. The minimum absolute atomic E-state index is 0.0933. The smallest absolute Gasteiger partial charge is 0.155 e. The van der Waals surface area contributed by atoms with Crippen LogP contribution in [0.5, 0.6) is 0 Å². The first-order valence-corrected chi connectivity index (χ1v) is 9.01. The molecule has 0 aromatic heterocycles. The van der Waals surface area contributed by atoms with Crippen LogP contribution in [0.15, 0.2) is 23.8 Å². The molecule has 0 radical (unpaired) electrons. The van der Waals surface area contributed by atoms with Crippen molar-refractivity contribution in [2.75, 3.05) is 0 Å². The Hall–Kier alpha value is -1.18. The van der Waals surface area contributed by atoms with E-state index in [1.807, 2.05) is 6.08 Å². The molecule has 0 aromatic rings. The van der Waals surface area contributed by atoms with Crippen molar-refractivity contribution >= 4 is 11.6 Å². The van der Waals surface area contributed by atoms with Crippen molar-refractivity contribution in [3.63, 3.8) is 0 Å². The zero-order valence-corrected chi connectivity index (χ0v) is 13.6. The van der Waals surface area contributed by atoms with E-state index in [4.69, 9.17) is 0 Å². The summed E-state index contributed by atoms with van der Waals surface area (Å²) in [7, 11) is 0. The highest BCUT2D eigenvalue weighted by Crippen LogP contribution is 2.63. The lowest BCUT2D eigenvalue weighted by molar-refractivity contribution is -0.130. The van der Waals surface area contributed by atoms with Crippen molar-refractivity contribution in [3.8, 4) is 0 Å². The van der Waals surface area contributed by atoms with Crippen molar-refractivity contribution in [2.45, 2.75) is 58.3 Å². The Morgan fingerprint density at radius 1 is 1.18 bits per heavy atom. The van der Waals surface area contributed by atoms with Gasteiger partial charge in [0, 0.05) is 18.3 Å². The zero-order valence-electron chi connectivity index (χ0n) is 13.6. The predicted octanol–water partition coefficient (Wildman–Crippen LogP) is 4.25. The van der Waals surface area contributed by atoms with Gasteiger partial charge in [-0.05, 0) is 68.3 Å². The molecule has 4 aliphatic rings. The van der Waals surface area contributed by atoms with Crippen LogP contribution < -0.4 is 0 Å². The number of hydrogen-bond acceptors (Lipinski definition) is 2. The molecule has 118 valence electrons. The van der Waals surface area contributed by atoms with Gasteiger partial charge in [-0.25, -0.2) is 0 Å². The fraction of sp³-hybridized carbons (Fsp3) is 0.700. The number of carbonyl (C=O) groups excluding carboxylic acids is 2. The topological polar surface area (TPSA) is 34.1 Å². The van der Waals surface area contributed by atoms with E-state index in [-0.39, 0.29) is 5.41 Å². The van der Waals surface area contributed by atoms with Gasteiger partial charge in [-0.1, -0.05) is 24.6 Å². The van der Waals surface area contributed by atoms with E-state index >= 15 is 0 Å². The molecular weight excluding hydrogens is 272 g/mol. The number of rotatable bonds is 1. The molecule has 2 heteroatoms. The standard InChI is InChI=1S/C20H26O2/c1-3-20-11-12(2)19-15-7-5-14(21)10-13(15)4-6-16(19)17(20)8-9-18(20)22/h10,15-17,19H,2-9,11H2,1H3/t15?,16-,17-,19+,20-/m0/s1. The van der Waals surface area contributed by atoms with E-state index in [1.54, 1.807) is 0 Å². The van der Waals surface area contributed by atoms with Gasteiger partial charge in [0.25, 0.3) is 0 Å². The minimum Gasteiger partial charge on any atom is -0.299 e. The first kappa shape index (κ1) is 14.4. The predicted molar refractivity (Wildman–Crippen MR) is 86.2 cm³/mol. The summed E-state index contributed by atoms with van der Waals surface area (Å²) in [6, 6.07) is 0. The monoisotopic (exact) mass is 298 g/mol. The Labute approximate surface area is 133 Å². The van der Waals surface area contributed by atoms with E-state index in [1.165, 1.54) is 11.1 Å². The Kier molecular flexibility index (Phi) is 3.22. The van der Waals surface area contributed by atoms with Crippen LogP contribution >= 0.6 is 0 Å². The molecule has 3 saturated carbocycles. The van der Waals surface area contributed by atoms with Crippen LogP contribution in [0.3, 0.4) is 0 Å². The minimum atomic E-state index is -0.0933. The highest BCUT2D eigenvalue weighted by Gasteiger charge is 2.58. The third-order valence-corrected chi connectivity index (χ3v) is 7.29. The fourth-order valence-electron chi connectivity index (χ4n) is 6.37. The normalized spacial score (nSPS) is 44.2. The number of allylic oxidation sites excluding steroid dienone is 2. The van der Waals surface area contributed by atoms with E-state index in [2.05, 4.69) is 13.5 Å². The van der Waals surface area contributed by atoms with Crippen molar-refractivity contribution in [1.82, 2.24) is 0 Å². The molecule has 0 aromatic carbocycles. The maximum absolute atomic E-state index is 12.6. The molecule has 0 heterocycles. The molecule has 5 atom stereocenters. The number of Topliss-reactive ketones (excluding diaryl/α,β-unsaturated/α-hetero) is 1. The molecule has 0 N–H and O–H groups in total. The Morgan fingerprint density at radius 2 is 2.00 bits per heavy atom. The second kappa shape index (κ2) is 4.91. The molecule has 3 fully saturated rings. The average molecular weight is 298 g/mol. The van der Waals surface area contributed by atoms with Gasteiger partial charge in [0.1, 0.15) is 5.78 Å². The zero-order chi connectivity index (χ0) is 15.5. The maximum Gasteiger partial charge on any atom is 0.155 e. The summed E-state index contributed by atoms with van der Waals surface area (Å²) in [4.78, 5) is 24.3. The van der Waals surface area contributed by atoms with Crippen molar-refractivity contribution in [3.05, 3.63) is 23.8 Å². The third kappa shape index (κ3) is 1.79. The lowest BCUT2D eigenvalue weighted by Gasteiger charge is -2.53. The summed E-state index contributed by atoms with van der Waals surface area (Å²) < 4.78 is 0. The summed E-state index contributed by atoms with van der Waals surface area (Å²) in [5.41, 5.74) is 2.60. The second-order valence-corrected chi connectivity index (χ2v) is 7.97. The van der Waals surface area contributed by atoms with Gasteiger partial charge in [-0.3, -0.25) is 9.59 Å². The molecule has 22 heavy (non-hydrogen) atoms. The SMILES string of the molecule is C=C1C[C@]2(CC)C(=O)CC[C@H]2[C@@H]2CCC3=CC(=O)CCC3[C@@H]12. The van der Waals surface area contributed by atoms with Crippen molar-refractivity contribution < 1.29 is 9.59 Å². The van der Waals surface area contributed by atoms with Crippen LogP contribution in [-0.2, 0) is 9.59 Å². The Balaban J connectivity index is 1.72. The number of carbonyl (C=O) groups is 2. The summed E-state index contributed by atoms with van der Waals surface area (Å²) in [5.74, 6) is 3.07. The van der Waals surface area contributed by atoms with Crippen LogP contribution in [0.25, 0.3) is 0 Å². The van der Waals surface area contributed by atoms with Crippen LogP contribution in [-0.4, -0.2) is 11.6 Å². The molecule has 0 amide bonds. The van der Waals surface area contributed by atoms with Crippen molar-refractivity contribution in [2.24, 2.45) is 29.1 Å². The largest absolute Gasteiger partial charge is 0.299 e. The van der Waals surface area contributed by atoms with E-state index in [0.717, 1.165) is 44.9 Å². The van der Waals surface area contributed by atoms with Gasteiger partial charge in [0.2, 0.25) is 0 Å². The number of hydrogen-bond donors (Lipinski definition) is 0. The van der Waals surface area contributed by atoms with E-state index in [9.17, 15) is 9.59 Å². The van der Waals surface area contributed by atoms with Gasteiger partial charge < -0.3 is 0 Å². The van der Waals surface area contributed by atoms with Crippen LogP contribution in [0.2, 0.25) is 0 Å². The first-order valence-electron chi connectivity index (χ1n) is 9.01. The van der Waals surface area contributed by atoms with Gasteiger partial charge in [-0.15, -0.1) is 0 Å². The van der Waals surface area contributed by atoms with Crippen LogP contribution in [0.1, 0.15) is 58.3 Å². The maximum atomic E-state index is 12.6. The molecule has 0 saturated heterocycles. The third-order valence-electron chi connectivity index (χ3n) is 7.29. The number of ketones is 2. The average Bonchev–Trinajstić information content (AvgIpc) is 2.84. The lowest BCUT2D eigenvalue weighted by Crippen LogP contribution is -2.48. The molecular formula is C20H26O2. The molecule has 1 unspecified atom stereocenters. The van der Waals surface area contributed by atoms with E-state index in [0.29, 0.717) is 41.7 Å². The van der Waals surface area contributed by atoms with E-state index < -0.39 is 0 Å². The molecule has 2 nitrogen and oxygen atoms in total. The van der Waals surface area contributed by atoms with Crippen LogP contribution in [0, 0.1) is 29.1 Å². The second-order valence-electron chi connectivity index (χ2n) is 7.97. The van der Waals surface area contributed by atoms with Gasteiger partial charge in [-0.2, -0.15) is 0 Å². The molecule has 0 bridgehead atoms. The molecule has 4 rings (SSSR count). The first-order chi connectivity index (χ1) is 10.6. The highest BCUT2D eigenvalue weighted by atomic mass is 16.1. The van der Waals surface area contributed by atoms with Gasteiger partial charge in [0.15, 0.2) is 5.78 Å². The summed E-state index contributed by atoms with van der Waals surface area (Å²) in [6.45, 7) is 6.62. The van der Waals surface area contributed by atoms with Crippen LogP contribution in [0.4, 0.5) is 0 Å². The Bertz CT molecular complexity index is 585. The van der Waals surface area contributed by atoms with Crippen molar-refractivity contribution in [1.29, 1.82) is 0 Å². The summed E-state index contributed by atoms with van der Waals surface area (Å²) in [6.07, 6.45) is 9.61. The highest BCUT2D eigenvalue weighted by molar-refractivity contribution is 5.91. The molecule has 4 aliphatic carbocycles. The summed E-state index contributed by atoms with van der Waals surface area (Å²) in [5, 5.41) is 0. The molecule has 0 aliphatic heterocycles. The lowest BCUT2D eigenvalue weighted by atomic mass is 9.50. The number of fused-ring (bicyclic) bond motifs is 5.